The molecular weight excluding hydrogens is 134 g/mol. The molecule has 1 rings (SSSR count). The first-order valence-electron chi connectivity index (χ1n) is 4.86. The van der Waals surface area contributed by atoms with Gasteiger partial charge in [-0.25, -0.2) is 0 Å². The molecule has 0 radical (unpaired) electrons. The van der Waals surface area contributed by atoms with Crippen LogP contribution in [0.3, 0.4) is 0 Å². The van der Waals surface area contributed by atoms with Crippen LogP contribution in [-0.4, -0.2) is 12.6 Å². The Morgan fingerprint density at radius 3 is 1.73 bits per heavy atom. The third-order valence-corrected chi connectivity index (χ3v) is 2.77. The lowest BCUT2D eigenvalue weighted by Gasteiger charge is -2.40. The minimum Gasteiger partial charge on any atom is -0.315 e. The van der Waals surface area contributed by atoms with E-state index in [2.05, 4.69) is 26.2 Å². The van der Waals surface area contributed by atoms with E-state index in [1.54, 1.807) is 0 Å². The van der Waals surface area contributed by atoms with Crippen LogP contribution in [0.2, 0.25) is 0 Å². The molecule has 0 aromatic rings. The molecule has 1 N–H and O–H groups in total. The smallest absolute Gasteiger partial charge is 0.0150 e. The summed E-state index contributed by atoms with van der Waals surface area (Å²) in [6.07, 6.45) is 4.29. The standard InChI is InChI=1S/C8H17N.C2H6/c1-8(2,9-3)7-5-4-6-7;1-2/h7,9H,4-6H2,1-3H3;1-2H3. The predicted octanol–water partition coefficient (Wildman–Crippen LogP) is 2.81. The first-order chi connectivity index (χ1) is 5.17. The lowest BCUT2D eigenvalue weighted by Crippen LogP contribution is -2.46. The molecule has 0 aromatic heterocycles. The second-order valence-electron chi connectivity index (χ2n) is 3.60. The van der Waals surface area contributed by atoms with Gasteiger partial charge in [-0.3, -0.25) is 0 Å². The van der Waals surface area contributed by atoms with Crippen molar-refractivity contribution in [2.75, 3.05) is 7.05 Å². The molecule has 0 aromatic carbocycles. The fourth-order valence-electron chi connectivity index (χ4n) is 1.33. The van der Waals surface area contributed by atoms with Crippen LogP contribution in [0.4, 0.5) is 0 Å². The maximum Gasteiger partial charge on any atom is 0.0150 e. The molecule has 0 spiro atoms. The van der Waals surface area contributed by atoms with Crippen LogP contribution in [0.1, 0.15) is 47.0 Å². The van der Waals surface area contributed by atoms with Crippen LogP contribution in [0.5, 0.6) is 0 Å². The third kappa shape index (κ3) is 2.82. The molecule has 0 aliphatic heterocycles. The topological polar surface area (TPSA) is 12.0 Å². The van der Waals surface area contributed by atoms with E-state index in [1.807, 2.05) is 13.8 Å². The Balaban J connectivity index is 0.000000461. The van der Waals surface area contributed by atoms with Gasteiger partial charge in [0.1, 0.15) is 0 Å². The van der Waals surface area contributed by atoms with Gasteiger partial charge in [-0.1, -0.05) is 20.3 Å². The van der Waals surface area contributed by atoms with Gasteiger partial charge in [0.15, 0.2) is 0 Å². The molecule has 68 valence electrons. The number of hydrogen-bond donors (Lipinski definition) is 1. The van der Waals surface area contributed by atoms with Gasteiger partial charge in [0.2, 0.25) is 0 Å². The number of hydrogen-bond acceptors (Lipinski definition) is 1. The SMILES string of the molecule is CC.CNC(C)(C)C1CCC1. The van der Waals surface area contributed by atoms with Gasteiger partial charge in [0.05, 0.1) is 0 Å². The van der Waals surface area contributed by atoms with Crippen LogP contribution in [0.25, 0.3) is 0 Å². The van der Waals surface area contributed by atoms with E-state index >= 15 is 0 Å². The van der Waals surface area contributed by atoms with Crippen LogP contribution in [-0.2, 0) is 0 Å². The maximum absolute atomic E-state index is 3.34. The van der Waals surface area contributed by atoms with Gasteiger partial charge in [0, 0.05) is 5.54 Å². The Morgan fingerprint density at radius 1 is 1.18 bits per heavy atom. The van der Waals surface area contributed by atoms with Crippen molar-refractivity contribution >= 4 is 0 Å². The number of rotatable bonds is 2. The van der Waals surface area contributed by atoms with Crippen molar-refractivity contribution in [1.82, 2.24) is 5.32 Å². The summed E-state index contributed by atoms with van der Waals surface area (Å²) in [6.45, 7) is 8.58. The summed E-state index contributed by atoms with van der Waals surface area (Å²) in [6, 6.07) is 0. The molecule has 0 atom stereocenters. The van der Waals surface area contributed by atoms with E-state index in [4.69, 9.17) is 0 Å². The Kier molecular flexibility index (Phi) is 4.74. The van der Waals surface area contributed by atoms with Gasteiger partial charge in [-0.2, -0.15) is 0 Å². The zero-order valence-electron chi connectivity index (χ0n) is 8.70. The summed E-state index contributed by atoms with van der Waals surface area (Å²) in [7, 11) is 2.05. The Morgan fingerprint density at radius 2 is 1.64 bits per heavy atom. The number of nitrogens with one attached hydrogen (secondary N) is 1. The van der Waals surface area contributed by atoms with E-state index < -0.39 is 0 Å². The summed E-state index contributed by atoms with van der Waals surface area (Å²) in [5.74, 6) is 0.933. The molecule has 11 heavy (non-hydrogen) atoms. The molecule has 0 amide bonds. The van der Waals surface area contributed by atoms with Crippen molar-refractivity contribution in [3.05, 3.63) is 0 Å². The fourth-order valence-corrected chi connectivity index (χ4v) is 1.33. The van der Waals surface area contributed by atoms with E-state index in [0.29, 0.717) is 5.54 Å². The Hall–Kier alpha value is -0.0400. The second-order valence-corrected chi connectivity index (χ2v) is 3.60. The van der Waals surface area contributed by atoms with Crippen molar-refractivity contribution < 1.29 is 0 Å². The van der Waals surface area contributed by atoms with Gasteiger partial charge in [-0.15, -0.1) is 0 Å². The Labute approximate surface area is 71.6 Å². The third-order valence-electron chi connectivity index (χ3n) is 2.77. The molecule has 1 aliphatic carbocycles. The highest BCUT2D eigenvalue weighted by molar-refractivity contribution is 4.89. The van der Waals surface area contributed by atoms with Crippen molar-refractivity contribution in [3.8, 4) is 0 Å². The van der Waals surface area contributed by atoms with E-state index in [1.165, 1.54) is 19.3 Å². The van der Waals surface area contributed by atoms with Gasteiger partial charge >= 0.3 is 0 Å². The first kappa shape index (κ1) is 11.0. The lowest BCUT2D eigenvalue weighted by atomic mass is 9.73. The average molecular weight is 157 g/mol. The largest absolute Gasteiger partial charge is 0.315 e. The molecular formula is C10H23N. The molecule has 1 fully saturated rings. The zero-order valence-corrected chi connectivity index (χ0v) is 8.70. The molecule has 1 nitrogen and oxygen atoms in total. The molecule has 0 heterocycles. The van der Waals surface area contributed by atoms with E-state index in [0.717, 1.165) is 5.92 Å². The van der Waals surface area contributed by atoms with Crippen LogP contribution in [0, 0.1) is 5.92 Å². The van der Waals surface area contributed by atoms with Crippen molar-refractivity contribution in [3.63, 3.8) is 0 Å². The quantitative estimate of drug-likeness (QED) is 0.650. The van der Waals surface area contributed by atoms with Gasteiger partial charge in [-0.05, 0) is 39.7 Å². The minimum atomic E-state index is 0.387. The molecule has 1 heteroatoms. The van der Waals surface area contributed by atoms with Crippen molar-refractivity contribution in [2.45, 2.75) is 52.5 Å². The second kappa shape index (κ2) is 4.76. The average Bonchev–Trinajstić information content (AvgIpc) is 1.88. The highest BCUT2D eigenvalue weighted by Crippen LogP contribution is 2.35. The molecule has 1 aliphatic rings. The molecule has 0 unspecified atom stereocenters. The van der Waals surface area contributed by atoms with Crippen molar-refractivity contribution in [2.24, 2.45) is 5.92 Å². The summed E-state index contributed by atoms with van der Waals surface area (Å²) >= 11 is 0. The summed E-state index contributed by atoms with van der Waals surface area (Å²) in [4.78, 5) is 0. The van der Waals surface area contributed by atoms with Gasteiger partial charge in [0.25, 0.3) is 0 Å². The molecule has 0 saturated heterocycles. The maximum atomic E-state index is 3.34. The van der Waals surface area contributed by atoms with Crippen LogP contribution in [0.15, 0.2) is 0 Å². The lowest BCUT2D eigenvalue weighted by molar-refractivity contribution is 0.168. The molecule has 1 saturated carbocycles. The summed E-state index contributed by atoms with van der Waals surface area (Å²) < 4.78 is 0. The monoisotopic (exact) mass is 157 g/mol. The Bertz CT molecular complexity index is 93.0. The fraction of sp³-hybridized carbons (Fsp3) is 1.00. The highest BCUT2D eigenvalue weighted by Gasteiger charge is 2.31. The van der Waals surface area contributed by atoms with Crippen LogP contribution < -0.4 is 5.32 Å². The minimum absolute atomic E-state index is 0.387. The summed E-state index contributed by atoms with van der Waals surface area (Å²) in [5.41, 5.74) is 0.387. The zero-order chi connectivity index (χ0) is 8.91. The first-order valence-corrected chi connectivity index (χ1v) is 4.86. The van der Waals surface area contributed by atoms with E-state index in [-0.39, 0.29) is 0 Å². The van der Waals surface area contributed by atoms with Gasteiger partial charge < -0.3 is 5.32 Å². The normalized spacial score (nSPS) is 18.3. The summed E-state index contributed by atoms with van der Waals surface area (Å²) in [5, 5.41) is 3.34. The molecule has 0 bridgehead atoms. The van der Waals surface area contributed by atoms with E-state index in [9.17, 15) is 0 Å². The predicted molar refractivity (Wildman–Crippen MR) is 51.8 cm³/mol. The van der Waals surface area contributed by atoms with Crippen molar-refractivity contribution in [1.29, 1.82) is 0 Å². The van der Waals surface area contributed by atoms with Crippen LogP contribution >= 0.6 is 0 Å². The highest BCUT2D eigenvalue weighted by atomic mass is 14.9.